The standard InChI is InChI=1S/C23H19F2N3O4.C22H17F2N3O4.C17H13ClF2N2O3.C6H8BNO3.ClH/c1-13-3-7-18(27-20(13)14-4-8-19(30-2)26-12-14)28-21(29)22(9-10-22)15-5-6-16-17(11-15)32-23(24,25)31-16;1-12-2-6-17(26-19(12)13-3-7-18(28)25-11-13)27-20(29)21(8-9-21)14-4-5-15-16(10-14)31-22(23,24)30-15;1-9-2-5-13(21-14(9)18)22-15(23)16(6-7-16)10-3-4-11-12(8-10)25-17(19,20)24-11;1-11-6-3-2-5(4-8-6)7(9)10;/h3-8,11-12H,9-10H2,1-2H3,(H,27,28,29);2-7,10-11H,8-9H2,1H3,(H,25,28)(H,26,27,29);2-5,8H,6-7H2,1H3,(H,21,22,23);2-4,9-10H,1H3;1H. The van der Waals surface area contributed by atoms with Crippen LogP contribution < -0.4 is 64.9 Å². The van der Waals surface area contributed by atoms with Crippen molar-refractivity contribution < 1.29 is 88.7 Å². The third kappa shape index (κ3) is 15.3. The number of aromatic nitrogens is 6. The maximum absolute atomic E-state index is 13.3. The Balaban J connectivity index is 0.000000141. The summed E-state index contributed by atoms with van der Waals surface area (Å²) >= 11 is 5.97. The van der Waals surface area contributed by atoms with Crippen LogP contribution in [0.3, 0.4) is 0 Å². The number of halogens is 8. The van der Waals surface area contributed by atoms with Gasteiger partial charge in [0.15, 0.2) is 34.5 Å². The van der Waals surface area contributed by atoms with Gasteiger partial charge in [-0.2, -0.15) is 0 Å². The Morgan fingerprint density at radius 3 is 1.20 bits per heavy atom. The van der Waals surface area contributed by atoms with Crippen molar-refractivity contribution in [3.05, 3.63) is 195 Å². The molecule has 6 N–H and O–H groups in total. The first-order chi connectivity index (χ1) is 47.1. The molecular formula is C68H58BCl2F6N9O14. The first-order valence-corrected chi connectivity index (χ1v) is 30.8. The van der Waals surface area contributed by atoms with E-state index in [9.17, 15) is 45.5 Å². The van der Waals surface area contributed by atoms with Crippen molar-refractivity contribution in [1.29, 1.82) is 0 Å². The van der Waals surface area contributed by atoms with Gasteiger partial charge in [0.25, 0.3) is 0 Å². The van der Waals surface area contributed by atoms with Crippen LogP contribution in [-0.4, -0.2) is 97.9 Å². The summed E-state index contributed by atoms with van der Waals surface area (Å²) < 4.78 is 116. The van der Waals surface area contributed by atoms with Crippen molar-refractivity contribution in [3.63, 3.8) is 0 Å². The van der Waals surface area contributed by atoms with Gasteiger partial charge in [0.1, 0.15) is 22.6 Å². The van der Waals surface area contributed by atoms with Crippen LogP contribution in [0.15, 0.2) is 151 Å². The molecule has 3 aliphatic heterocycles. The highest BCUT2D eigenvalue weighted by molar-refractivity contribution is 6.58. The minimum atomic E-state index is -3.70. The summed E-state index contributed by atoms with van der Waals surface area (Å²) in [5.41, 5.74) is 4.91. The molecule has 0 bridgehead atoms. The van der Waals surface area contributed by atoms with Crippen LogP contribution in [0.25, 0.3) is 22.5 Å². The van der Waals surface area contributed by atoms with Crippen LogP contribution in [0, 0.1) is 20.8 Å². The van der Waals surface area contributed by atoms with Gasteiger partial charge in [0, 0.05) is 47.3 Å². The van der Waals surface area contributed by atoms with Gasteiger partial charge in [-0.15, -0.1) is 38.7 Å². The highest BCUT2D eigenvalue weighted by atomic mass is 35.5. The minimum Gasteiger partial charge on any atom is -0.481 e. The molecule has 32 heteroatoms. The Morgan fingerprint density at radius 2 is 0.860 bits per heavy atom. The number of methoxy groups -OCH3 is 2. The minimum absolute atomic E-state index is 0. The van der Waals surface area contributed by atoms with E-state index < -0.39 is 42.2 Å². The van der Waals surface area contributed by atoms with E-state index in [1.165, 1.54) is 61.8 Å². The number of ether oxygens (including phenoxy) is 8. The first kappa shape index (κ1) is 70.6. The fraction of sp³-hybridized carbons (Fsp3) is 0.250. The quantitative estimate of drug-likeness (QED) is 0.0335. The number of aromatic amines is 1. The smallest absolute Gasteiger partial charge is 0.481 e. The van der Waals surface area contributed by atoms with Gasteiger partial charge in [0.05, 0.1) is 41.9 Å². The van der Waals surface area contributed by atoms with Gasteiger partial charge in [-0.05, 0) is 165 Å². The maximum Gasteiger partial charge on any atom is 0.586 e. The number of H-pyrrole nitrogens is 1. The van der Waals surface area contributed by atoms with Gasteiger partial charge >= 0.3 is 26.0 Å². The van der Waals surface area contributed by atoms with Crippen molar-refractivity contribution >= 4 is 71.8 Å². The van der Waals surface area contributed by atoms with E-state index in [0.29, 0.717) is 112 Å². The summed E-state index contributed by atoms with van der Waals surface area (Å²) in [5.74, 6) is 0.871. The number of aryl methyl sites for hydroxylation is 3. The zero-order chi connectivity index (χ0) is 70.4. The van der Waals surface area contributed by atoms with Crippen molar-refractivity contribution in [3.8, 4) is 68.8 Å². The first-order valence-electron chi connectivity index (χ1n) is 30.4. The number of nitrogens with zero attached hydrogens (tertiary/aromatic N) is 5. The van der Waals surface area contributed by atoms with Crippen LogP contribution in [-0.2, 0) is 30.6 Å². The van der Waals surface area contributed by atoms with E-state index >= 15 is 0 Å². The zero-order valence-corrected chi connectivity index (χ0v) is 54.8. The number of carbonyl (C=O) groups excluding carboxylic acids is 3. The summed E-state index contributed by atoms with van der Waals surface area (Å²) in [6, 6.07) is 33.6. The average molecular weight is 1420 g/mol. The molecule has 0 radical (unpaired) electrons. The van der Waals surface area contributed by atoms with E-state index in [-0.39, 0.29) is 70.2 Å². The Kier molecular flexibility index (Phi) is 19.5. The van der Waals surface area contributed by atoms with E-state index in [4.69, 9.17) is 31.1 Å². The van der Waals surface area contributed by atoms with E-state index in [2.05, 4.69) is 74.3 Å². The molecule has 23 nitrogen and oxygen atoms in total. The number of pyridine rings is 6. The molecule has 9 aromatic rings. The number of benzene rings is 3. The van der Waals surface area contributed by atoms with E-state index in [1.807, 2.05) is 39.0 Å². The third-order valence-corrected chi connectivity index (χ3v) is 17.3. The fourth-order valence-corrected chi connectivity index (χ4v) is 11.1. The fourth-order valence-electron chi connectivity index (χ4n) is 11.0. The molecule has 3 amide bonds. The Labute approximate surface area is 576 Å². The second-order valence-corrected chi connectivity index (χ2v) is 24.0. The molecule has 3 aromatic carbocycles. The average Bonchev–Trinajstić information content (AvgIpc) is 1.60. The van der Waals surface area contributed by atoms with Crippen LogP contribution in [0.5, 0.6) is 46.3 Å². The summed E-state index contributed by atoms with van der Waals surface area (Å²) in [6.07, 6.45) is -2.96. The monoisotopic (exact) mass is 1420 g/mol. The van der Waals surface area contributed by atoms with Gasteiger partial charge < -0.3 is 68.9 Å². The van der Waals surface area contributed by atoms with E-state index in [1.54, 1.807) is 80.2 Å². The Bertz CT molecular complexity index is 4670. The lowest BCUT2D eigenvalue weighted by atomic mass is 9.82. The summed E-state index contributed by atoms with van der Waals surface area (Å²) in [5, 5.41) is 26.1. The predicted molar refractivity (Wildman–Crippen MR) is 352 cm³/mol. The molecule has 0 spiro atoms. The molecule has 100 heavy (non-hydrogen) atoms. The Morgan fingerprint density at radius 1 is 0.490 bits per heavy atom. The van der Waals surface area contributed by atoms with Gasteiger partial charge in [0.2, 0.25) is 35.0 Å². The molecule has 518 valence electrons. The number of amides is 3. The van der Waals surface area contributed by atoms with Crippen molar-refractivity contribution in [2.75, 3.05) is 30.2 Å². The second-order valence-electron chi connectivity index (χ2n) is 23.7. The number of hydrogen-bond acceptors (Lipinski definition) is 19. The molecule has 3 aliphatic carbocycles. The maximum atomic E-state index is 13.3. The van der Waals surface area contributed by atoms with E-state index in [0.717, 1.165) is 22.3 Å². The summed E-state index contributed by atoms with van der Waals surface area (Å²) in [6.45, 7) is 5.61. The SMILES string of the molecule is COc1ccc(-c2nc(NC(=O)C3(c4ccc5c(c4)OC(F)(F)O5)CC3)ccc2C)cn1.COc1ccc(B(O)O)cn1.Cc1ccc(NC(=O)C2(c3ccc4c(c3)OC(F)(F)O4)CC2)nc1-c1ccc(=O)[nH]c1.Cc1ccc(NC(=O)C2(c3ccc4c(c3)OC(F)(F)O4)CC2)nc1Cl.Cl. The predicted octanol–water partition coefficient (Wildman–Crippen LogP) is 11.4. The third-order valence-electron chi connectivity index (χ3n) is 16.9. The molecule has 0 saturated heterocycles. The van der Waals surface area contributed by atoms with Gasteiger partial charge in [-0.3, -0.25) is 19.2 Å². The lowest BCUT2D eigenvalue weighted by molar-refractivity contribution is -0.287. The van der Waals surface area contributed by atoms with Crippen LogP contribution in [0.4, 0.5) is 43.8 Å². The number of rotatable bonds is 14. The molecule has 9 heterocycles. The normalized spacial score (nSPS) is 16.5. The molecule has 6 aromatic heterocycles. The van der Waals surface area contributed by atoms with Gasteiger partial charge in [-0.1, -0.05) is 54.1 Å². The highest BCUT2D eigenvalue weighted by Crippen LogP contribution is 2.55. The molecule has 6 aliphatic rings. The van der Waals surface area contributed by atoms with Crippen LogP contribution in [0.2, 0.25) is 5.15 Å². The number of carbonyl (C=O) groups is 3. The Hall–Kier alpha value is -10.7. The number of anilines is 3. The van der Waals surface area contributed by atoms with Crippen molar-refractivity contribution in [2.45, 2.75) is 94.4 Å². The lowest BCUT2D eigenvalue weighted by Gasteiger charge is -2.16. The van der Waals surface area contributed by atoms with Crippen molar-refractivity contribution in [2.24, 2.45) is 0 Å². The second kappa shape index (κ2) is 27.6. The zero-order valence-electron chi connectivity index (χ0n) is 53.3. The topological polar surface area (TPSA) is 299 Å². The number of alkyl halides is 6. The number of hydrogen-bond donors (Lipinski definition) is 6. The molecular weight excluding hydrogens is 1360 g/mol. The molecule has 0 unspecified atom stereocenters. The summed E-state index contributed by atoms with van der Waals surface area (Å²) in [4.78, 5) is 74.1. The molecule has 15 rings (SSSR count). The number of fused-ring (bicyclic) bond motifs is 3. The molecule has 3 fully saturated rings. The lowest BCUT2D eigenvalue weighted by Crippen LogP contribution is -2.29. The molecule has 3 saturated carbocycles. The molecule has 0 atom stereocenters. The summed E-state index contributed by atoms with van der Waals surface area (Å²) in [7, 11) is 1.58. The highest BCUT2D eigenvalue weighted by Gasteiger charge is 2.56. The van der Waals surface area contributed by atoms with Crippen LogP contribution >= 0.6 is 24.0 Å². The van der Waals surface area contributed by atoms with Crippen LogP contribution in [0.1, 0.15) is 71.9 Å². The van der Waals surface area contributed by atoms with Crippen molar-refractivity contribution in [1.82, 2.24) is 29.9 Å². The number of nitrogens with one attached hydrogen (secondary N) is 4. The largest absolute Gasteiger partial charge is 0.586 e. The van der Waals surface area contributed by atoms with Gasteiger partial charge in [-0.25, -0.2) is 24.9 Å².